The van der Waals surface area contributed by atoms with E-state index >= 15 is 0 Å². The number of anilines is 2. The van der Waals surface area contributed by atoms with Gasteiger partial charge < -0.3 is 9.73 Å². The molecule has 0 unspecified atom stereocenters. The van der Waals surface area contributed by atoms with Crippen LogP contribution in [0.25, 0.3) is 28.6 Å². The Bertz CT molecular complexity index is 1680. The molecule has 0 spiro atoms. The van der Waals surface area contributed by atoms with Crippen LogP contribution in [-0.2, 0) is 12.4 Å². The largest absolute Gasteiger partial charge is 0.433 e. The summed E-state index contributed by atoms with van der Waals surface area (Å²) in [4.78, 5) is 31.6. The van der Waals surface area contributed by atoms with E-state index in [4.69, 9.17) is 4.42 Å². The summed E-state index contributed by atoms with van der Waals surface area (Å²) in [6.07, 6.45) is -8.61. The molecule has 0 saturated heterocycles. The van der Waals surface area contributed by atoms with E-state index in [0.717, 1.165) is 22.9 Å². The second kappa shape index (κ2) is 8.69. The Morgan fingerprint density at radius 1 is 0.811 bits per heavy atom. The van der Waals surface area contributed by atoms with Crippen molar-refractivity contribution in [2.24, 2.45) is 0 Å². The fourth-order valence-electron chi connectivity index (χ4n) is 3.30. The molecule has 0 aliphatic heterocycles. The summed E-state index contributed by atoms with van der Waals surface area (Å²) in [5.41, 5.74) is -2.49. The molecule has 15 heteroatoms. The molecular formula is C22H11F6N7O2. The van der Waals surface area contributed by atoms with Crippen molar-refractivity contribution in [2.75, 3.05) is 5.32 Å². The van der Waals surface area contributed by atoms with E-state index in [0.29, 0.717) is 6.07 Å². The van der Waals surface area contributed by atoms with Crippen molar-refractivity contribution in [3.63, 3.8) is 0 Å². The topological polar surface area (TPSA) is 112 Å². The molecule has 0 fully saturated rings. The lowest BCUT2D eigenvalue weighted by atomic mass is 10.3. The molecule has 1 N–H and O–H groups in total. The van der Waals surface area contributed by atoms with Gasteiger partial charge in [0, 0.05) is 11.9 Å². The summed E-state index contributed by atoms with van der Waals surface area (Å²) in [5.74, 6) is -2.05. The number of fused-ring (bicyclic) bond motifs is 1. The molecule has 4 aromatic heterocycles. The minimum atomic E-state index is -4.77. The number of nitrogens with one attached hydrogen (secondary N) is 1. The molecular weight excluding hydrogens is 508 g/mol. The molecule has 0 amide bonds. The lowest BCUT2D eigenvalue weighted by Crippen LogP contribution is -2.17. The van der Waals surface area contributed by atoms with Gasteiger partial charge in [0.25, 0.3) is 0 Å². The van der Waals surface area contributed by atoms with Crippen LogP contribution < -0.4 is 11.1 Å². The molecule has 0 aliphatic carbocycles. The van der Waals surface area contributed by atoms with Gasteiger partial charge in [0.2, 0.25) is 11.9 Å². The maximum Gasteiger partial charge on any atom is 0.433 e. The number of rotatable bonds is 4. The first-order valence-electron chi connectivity index (χ1n) is 10.2. The standard InChI is InChI=1S/C22H11F6N7O2/c23-21(24,25)15-7-3-4-12(31-15)17-32-18(30-11-8-9-29-16(10-11)22(26,27)28)34-19(33-17)35-13-5-1-2-6-14(13)37-20(35)36/h1-10H,(H,29,30,32,33,34). The van der Waals surface area contributed by atoms with E-state index in [1.807, 2.05) is 0 Å². The average Bonchev–Trinajstić information content (AvgIpc) is 3.19. The molecule has 0 saturated carbocycles. The first-order chi connectivity index (χ1) is 17.5. The Labute approximate surface area is 201 Å². The van der Waals surface area contributed by atoms with Crippen LogP contribution >= 0.6 is 0 Å². The van der Waals surface area contributed by atoms with Gasteiger partial charge in [-0.1, -0.05) is 18.2 Å². The van der Waals surface area contributed by atoms with Crippen molar-refractivity contribution in [1.82, 2.24) is 29.5 Å². The Morgan fingerprint density at radius 3 is 2.32 bits per heavy atom. The molecule has 4 heterocycles. The minimum absolute atomic E-state index is 0.133. The number of aromatic nitrogens is 6. The SMILES string of the molecule is O=c1oc2ccccc2n1-c1nc(Nc2ccnc(C(F)(F)F)c2)nc(-c2cccc(C(F)(F)F)n2)n1. The number of benzene rings is 1. The van der Waals surface area contributed by atoms with Crippen LogP contribution in [0.1, 0.15) is 11.4 Å². The summed E-state index contributed by atoms with van der Waals surface area (Å²) in [7, 11) is 0. The van der Waals surface area contributed by atoms with Gasteiger partial charge in [0.15, 0.2) is 11.4 Å². The van der Waals surface area contributed by atoms with Crippen LogP contribution in [-0.4, -0.2) is 29.5 Å². The lowest BCUT2D eigenvalue weighted by Gasteiger charge is -2.11. The van der Waals surface area contributed by atoms with Gasteiger partial charge in [-0.2, -0.15) is 41.3 Å². The zero-order valence-corrected chi connectivity index (χ0v) is 18.0. The van der Waals surface area contributed by atoms with Crippen molar-refractivity contribution in [1.29, 1.82) is 0 Å². The van der Waals surface area contributed by atoms with Crippen LogP contribution in [0.4, 0.5) is 38.0 Å². The number of alkyl halides is 6. The average molecular weight is 519 g/mol. The van der Waals surface area contributed by atoms with Crippen LogP contribution in [0.5, 0.6) is 0 Å². The van der Waals surface area contributed by atoms with E-state index in [-0.39, 0.29) is 40.2 Å². The van der Waals surface area contributed by atoms with Crippen LogP contribution in [0, 0.1) is 0 Å². The number of pyridine rings is 2. The highest BCUT2D eigenvalue weighted by Gasteiger charge is 2.33. The van der Waals surface area contributed by atoms with Crippen LogP contribution in [0.15, 0.2) is 70.0 Å². The highest BCUT2D eigenvalue weighted by atomic mass is 19.4. The Kier molecular flexibility index (Phi) is 5.61. The van der Waals surface area contributed by atoms with Crippen molar-refractivity contribution >= 4 is 22.7 Å². The van der Waals surface area contributed by atoms with Gasteiger partial charge in [-0.05, 0) is 36.4 Å². The van der Waals surface area contributed by atoms with Crippen molar-refractivity contribution < 1.29 is 30.8 Å². The van der Waals surface area contributed by atoms with E-state index in [1.54, 1.807) is 12.1 Å². The summed E-state index contributed by atoms with van der Waals surface area (Å²) >= 11 is 0. The zero-order chi connectivity index (χ0) is 26.4. The van der Waals surface area contributed by atoms with Gasteiger partial charge in [0.1, 0.15) is 17.1 Å². The van der Waals surface area contributed by atoms with Crippen molar-refractivity contribution in [2.45, 2.75) is 12.4 Å². The van der Waals surface area contributed by atoms with E-state index < -0.39 is 29.5 Å². The van der Waals surface area contributed by atoms with Gasteiger partial charge in [0.05, 0.1) is 5.52 Å². The third kappa shape index (κ3) is 4.82. The molecule has 0 bridgehead atoms. The predicted octanol–water partition coefficient (Wildman–Crippen LogP) is 5.01. The maximum absolute atomic E-state index is 13.2. The molecule has 9 nitrogen and oxygen atoms in total. The normalized spacial score (nSPS) is 12.2. The second-order valence-corrected chi connectivity index (χ2v) is 7.41. The Hall–Kier alpha value is -4.82. The number of hydrogen-bond acceptors (Lipinski definition) is 8. The molecule has 5 aromatic rings. The highest BCUT2D eigenvalue weighted by Crippen LogP contribution is 2.31. The summed E-state index contributed by atoms with van der Waals surface area (Å²) in [6, 6.07) is 11.1. The van der Waals surface area contributed by atoms with Gasteiger partial charge >= 0.3 is 18.1 Å². The number of hydrogen-bond donors (Lipinski definition) is 1. The predicted molar refractivity (Wildman–Crippen MR) is 116 cm³/mol. The number of halogens is 6. The lowest BCUT2D eigenvalue weighted by molar-refractivity contribution is -0.141. The Balaban J connectivity index is 1.68. The summed E-state index contributed by atoms with van der Waals surface area (Å²) < 4.78 is 85.1. The maximum atomic E-state index is 13.2. The van der Waals surface area contributed by atoms with E-state index in [9.17, 15) is 31.1 Å². The van der Waals surface area contributed by atoms with E-state index in [2.05, 4.69) is 30.2 Å². The molecule has 188 valence electrons. The monoisotopic (exact) mass is 519 g/mol. The molecule has 0 aliphatic rings. The number of para-hydroxylation sites is 2. The van der Waals surface area contributed by atoms with Gasteiger partial charge in [-0.3, -0.25) is 4.98 Å². The molecule has 0 atom stereocenters. The molecule has 5 rings (SSSR count). The second-order valence-electron chi connectivity index (χ2n) is 7.41. The van der Waals surface area contributed by atoms with Crippen LogP contribution in [0.3, 0.4) is 0 Å². The first-order valence-corrected chi connectivity index (χ1v) is 10.2. The minimum Gasteiger partial charge on any atom is -0.407 e. The Morgan fingerprint density at radius 2 is 1.57 bits per heavy atom. The van der Waals surface area contributed by atoms with Gasteiger partial charge in [-0.25, -0.2) is 14.3 Å². The number of nitrogens with zero attached hydrogens (tertiary/aromatic N) is 6. The zero-order valence-electron chi connectivity index (χ0n) is 18.0. The number of oxazole rings is 1. The highest BCUT2D eigenvalue weighted by molar-refractivity contribution is 5.74. The van der Waals surface area contributed by atoms with Crippen LogP contribution in [0.2, 0.25) is 0 Å². The van der Waals surface area contributed by atoms with E-state index in [1.165, 1.54) is 24.3 Å². The van der Waals surface area contributed by atoms with Gasteiger partial charge in [-0.15, -0.1) is 0 Å². The third-order valence-electron chi connectivity index (χ3n) is 4.88. The molecule has 37 heavy (non-hydrogen) atoms. The van der Waals surface area contributed by atoms with Crippen molar-refractivity contribution in [3.05, 3.63) is 82.7 Å². The molecule has 0 radical (unpaired) electrons. The smallest absolute Gasteiger partial charge is 0.407 e. The fourth-order valence-corrected chi connectivity index (χ4v) is 3.30. The first kappa shape index (κ1) is 23.9. The fraction of sp³-hybridized carbons (Fsp3) is 0.0909. The summed E-state index contributed by atoms with van der Waals surface area (Å²) in [5, 5.41) is 2.54. The summed E-state index contributed by atoms with van der Waals surface area (Å²) in [6.45, 7) is 0. The molecule has 1 aromatic carbocycles. The van der Waals surface area contributed by atoms with Crippen molar-refractivity contribution in [3.8, 4) is 17.5 Å². The third-order valence-corrected chi connectivity index (χ3v) is 4.88. The quantitative estimate of drug-likeness (QED) is 0.330.